The number of hydrogen-bond donors (Lipinski definition) is 1. The zero-order valence-corrected chi connectivity index (χ0v) is 13.4. The lowest BCUT2D eigenvalue weighted by molar-refractivity contribution is 0.830. The molecule has 0 aliphatic rings. The topological polar surface area (TPSA) is 24.9 Å². The van der Waals surface area contributed by atoms with E-state index in [-0.39, 0.29) is 0 Å². The fourth-order valence-electron chi connectivity index (χ4n) is 1.79. The van der Waals surface area contributed by atoms with E-state index in [1.807, 2.05) is 19.2 Å². The van der Waals surface area contributed by atoms with E-state index >= 15 is 0 Å². The number of fused-ring (bicyclic) bond motifs is 1. The molecule has 96 valence electrons. The van der Waals surface area contributed by atoms with Crippen molar-refractivity contribution < 1.29 is 0 Å². The average Bonchev–Trinajstić information content (AvgIpc) is 2.35. The summed E-state index contributed by atoms with van der Waals surface area (Å²) >= 11 is 15.8. The molecule has 0 atom stereocenters. The summed E-state index contributed by atoms with van der Waals surface area (Å²) in [6, 6.07) is 3.98. The van der Waals surface area contributed by atoms with Crippen molar-refractivity contribution in [1.29, 1.82) is 0 Å². The van der Waals surface area contributed by atoms with Gasteiger partial charge >= 0.3 is 0 Å². The van der Waals surface area contributed by atoms with Crippen LogP contribution in [-0.4, -0.2) is 12.0 Å². The van der Waals surface area contributed by atoms with Gasteiger partial charge in [0, 0.05) is 28.3 Å². The second-order valence-electron chi connectivity index (χ2n) is 4.38. The average molecular weight is 348 g/mol. The number of pyridine rings is 1. The Kier molecular flexibility index (Phi) is 4.05. The molecule has 0 fully saturated rings. The number of benzene rings is 1. The molecule has 0 aliphatic carbocycles. The number of anilines is 1. The molecule has 0 saturated carbocycles. The maximum atomic E-state index is 6.28. The fourth-order valence-corrected chi connectivity index (χ4v) is 2.72. The Labute approximate surface area is 125 Å². The lowest BCUT2D eigenvalue weighted by atomic mass is 10.1. The van der Waals surface area contributed by atoms with E-state index in [2.05, 4.69) is 40.1 Å². The molecule has 5 heteroatoms. The first-order chi connectivity index (χ1) is 8.45. The van der Waals surface area contributed by atoms with E-state index in [1.165, 1.54) is 0 Å². The lowest BCUT2D eigenvalue weighted by Crippen LogP contribution is -1.99. The maximum absolute atomic E-state index is 6.28. The summed E-state index contributed by atoms with van der Waals surface area (Å²) in [6.07, 6.45) is 0. The molecule has 0 spiro atoms. The van der Waals surface area contributed by atoms with Gasteiger partial charge in [0.15, 0.2) is 0 Å². The fraction of sp³-hybridized carbons (Fsp3) is 0.308. The largest absolute Gasteiger partial charge is 0.388 e. The molecule has 18 heavy (non-hydrogen) atoms. The Morgan fingerprint density at radius 2 is 1.89 bits per heavy atom. The van der Waals surface area contributed by atoms with Gasteiger partial charge in [0.05, 0.1) is 15.6 Å². The summed E-state index contributed by atoms with van der Waals surface area (Å²) in [7, 11) is 1.88. The predicted molar refractivity (Wildman–Crippen MR) is 83.1 cm³/mol. The van der Waals surface area contributed by atoms with Crippen molar-refractivity contribution in [2.45, 2.75) is 19.8 Å². The lowest BCUT2D eigenvalue weighted by Gasteiger charge is -2.13. The molecule has 0 bridgehead atoms. The van der Waals surface area contributed by atoms with Gasteiger partial charge in [-0.25, -0.2) is 0 Å². The summed E-state index contributed by atoms with van der Waals surface area (Å²) in [5, 5.41) is 5.12. The number of nitrogens with one attached hydrogen (secondary N) is 1. The summed E-state index contributed by atoms with van der Waals surface area (Å²) in [5.74, 6) is 0.333. The Bertz CT molecular complexity index is 612. The van der Waals surface area contributed by atoms with Gasteiger partial charge in [0.1, 0.15) is 0 Å². The summed E-state index contributed by atoms with van der Waals surface area (Å²) in [4.78, 5) is 4.61. The zero-order chi connectivity index (χ0) is 13.4. The first-order valence-electron chi connectivity index (χ1n) is 5.61. The molecule has 2 nitrogen and oxygen atoms in total. The third-order valence-corrected chi connectivity index (χ3v) is 4.53. The summed E-state index contributed by atoms with van der Waals surface area (Å²) in [5.41, 5.74) is 2.73. The van der Waals surface area contributed by atoms with E-state index in [0.29, 0.717) is 16.0 Å². The monoisotopic (exact) mass is 346 g/mol. The molecule has 0 saturated heterocycles. The number of rotatable bonds is 2. The maximum Gasteiger partial charge on any atom is 0.0928 e. The van der Waals surface area contributed by atoms with E-state index in [1.54, 1.807) is 0 Å². The number of halogens is 3. The minimum Gasteiger partial charge on any atom is -0.388 e. The van der Waals surface area contributed by atoms with Gasteiger partial charge in [0.2, 0.25) is 0 Å². The van der Waals surface area contributed by atoms with Crippen molar-refractivity contribution in [3.05, 3.63) is 32.3 Å². The normalized spacial score (nSPS) is 11.3. The van der Waals surface area contributed by atoms with Gasteiger partial charge in [-0.05, 0) is 34.0 Å². The molecule has 1 aromatic carbocycles. The molecule has 1 heterocycles. The van der Waals surface area contributed by atoms with Crippen molar-refractivity contribution in [3.8, 4) is 0 Å². The van der Waals surface area contributed by atoms with Crippen LogP contribution >= 0.6 is 39.1 Å². The van der Waals surface area contributed by atoms with Crippen molar-refractivity contribution >= 4 is 55.7 Å². The molecule has 0 aliphatic heterocycles. The highest BCUT2D eigenvalue weighted by molar-refractivity contribution is 9.10. The van der Waals surface area contributed by atoms with Crippen LogP contribution in [0.15, 0.2) is 16.6 Å². The Morgan fingerprint density at radius 3 is 2.44 bits per heavy atom. The molecule has 2 aromatic rings. The molecular formula is C13H13BrCl2N2. The van der Waals surface area contributed by atoms with Crippen LogP contribution in [0.25, 0.3) is 10.9 Å². The van der Waals surface area contributed by atoms with E-state index in [0.717, 1.165) is 26.8 Å². The number of hydrogen-bond acceptors (Lipinski definition) is 2. The predicted octanol–water partition coefficient (Wildman–Crippen LogP) is 5.47. The third kappa shape index (κ3) is 2.31. The van der Waals surface area contributed by atoms with Crippen LogP contribution in [0.5, 0.6) is 0 Å². The SMILES string of the molecule is CNc1cc(C(C)C)nc2c(Cl)c(Cl)c(Br)cc12. The highest BCUT2D eigenvalue weighted by Crippen LogP contribution is 2.39. The Morgan fingerprint density at radius 1 is 1.22 bits per heavy atom. The Hall–Kier alpha value is -0.510. The van der Waals surface area contributed by atoms with Crippen LogP contribution in [0, 0.1) is 0 Å². The smallest absolute Gasteiger partial charge is 0.0928 e. The second-order valence-corrected chi connectivity index (χ2v) is 5.99. The van der Waals surface area contributed by atoms with Gasteiger partial charge in [-0.1, -0.05) is 37.0 Å². The van der Waals surface area contributed by atoms with Crippen molar-refractivity contribution in [1.82, 2.24) is 4.98 Å². The molecule has 0 unspecified atom stereocenters. The molecule has 0 amide bonds. The van der Waals surface area contributed by atoms with Gasteiger partial charge in [-0.15, -0.1) is 0 Å². The van der Waals surface area contributed by atoms with E-state index in [4.69, 9.17) is 23.2 Å². The van der Waals surface area contributed by atoms with Crippen LogP contribution in [-0.2, 0) is 0 Å². The quantitative estimate of drug-likeness (QED) is 0.728. The third-order valence-electron chi connectivity index (χ3n) is 2.82. The van der Waals surface area contributed by atoms with Crippen LogP contribution in [0.4, 0.5) is 5.69 Å². The molecular weight excluding hydrogens is 335 g/mol. The van der Waals surface area contributed by atoms with Gasteiger partial charge in [0.25, 0.3) is 0 Å². The second kappa shape index (κ2) is 5.24. The molecule has 0 radical (unpaired) electrons. The molecule has 1 aromatic heterocycles. The van der Waals surface area contributed by atoms with Gasteiger partial charge in [-0.2, -0.15) is 0 Å². The van der Waals surface area contributed by atoms with Crippen LogP contribution in [0.1, 0.15) is 25.5 Å². The number of aromatic nitrogens is 1. The first kappa shape index (κ1) is 13.9. The minimum absolute atomic E-state index is 0.333. The highest BCUT2D eigenvalue weighted by Gasteiger charge is 2.14. The van der Waals surface area contributed by atoms with Crippen LogP contribution in [0.3, 0.4) is 0 Å². The molecule has 1 N–H and O–H groups in total. The summed E-state index contributed by atoms with van der Waals surface area (Å²) in [6.45, 7) is 4.20. The Balaban J connectivity index is 2.88. The molecule has 2 rings (SSSR count). The van der Waals surface area contributed by atoms with Crippen LogP contribution in [0.2, 0.25) is 10.0 Å². The first-order valence-corrected chi connectivity index (χ1v) is 7.16. The minimum atomic E-state index is 0.333. The number of nitrogens with zero attached hydrogens (tertiary/aromatic N) is 1. The summed E-state index contributed by atoms with van der Waals surface area (Å²) < 4.78 is 0.775. The van der Waals surface area contributed by atoms with Crippen LogP contribution < -0.4 is 5.32 Å². The standard InChI is InChI=1S/C13H13BrCl2N2/c1-6(2)9-5-10(17-3)7-4-8(14)11(15)12(16)13(7)18-9/h4-6H,1-3H3,(H,17,18). The van der Waals surface area contributed by atoms with Crippen molar-refractivity contribution in [2.24, 2.45) is 0 Å². The zero-order valence-electron chi connectivity index (χ0n) is 10.3. The van der Waals surface area contributed by atoms with Crippen molar-refractivity contribution in [2.75, 3.05) is 12.4 Å². The van der Waals surface area contributed by atoms with Gasteiger partial charge in [-0.3, -0.25) is 4.98 Å². The van der Waals surface area contributed by atoms with Gasteiger partial charge < -0.3 is 5.32 Å². The van der Waals surface area contributed by atoms with E-state index < -0.39 is 0 Å². The van der Waals surface area contributed by atoms with E-state index in [9.17, 15) is 0 Å². The highest BCUT2D eigenvalue weighted by atomic mass is 79.9. The van der Waals surface area contributed by atoms with Crippen molar-refractivity contribution in [3.63, 3.8) is 0 Å².